The normalized spacial score (nSPS) is 16.9. The first-order valence-corrected chi connectivity index (χ1v) is 8.33. The molecule has 118 valence electrons. The molecule has 1 unspecified atom stereocenters. The molecule has 1 atom stereocenters. The van der Waals surface area contributed by atoms with Gasteiger partial charge in [0.25, 0.3) is 5.69 Å². The van der Waals surface area contributed by atoms with E-state index in [0.717, 1.165) is 23.7 Å². The van der Waals surface area contributed by atoms with Crippen molar-refractivity contribution in [2.45, 2.75) is 11.7 Å². The quantitative estimate of drug-likeness (QED) is 0.673. The van der Waals surface area contributed by atoms with Crippen LogP contribution in [0.2, 0.25) is 0 Å². The lowest BCUT2D eigenvalue weighted by Gasteiger charge is -2.09. The van der Waals surface area contributed by atoms with Crippen LogP contribution in [0.25, 0.3) is 0 Å². The molecule has 0 radical (unpaired) electrons. The molecule has 1 aliphatic rings. The van der Waals surface area contributed by atoms with Crippen molar-refractivity contribution in [2.75, 3.05) is 13.1 Å². The lowest BCUT2D eigenvalue weighted by Crippen LogP contribution is -2.21. The van der Waals surface area contributed by atoms with Crippen LogP contribution in [-0.4, -0.2) is 23.2 Å². The van der Waals surface area contributed by atoms with Crippen LogP contribution >= 0.6 is 11.8 Å². The van der Waals surface area contributed by atoms with Gasteiger partial charge < -0.3 is 5.32 Å². The molecule has 2 aromatic carbocycles. The summed E-state index contributed by atoms with van der Waals surface area (Å²) in [4.78, 5) is 14.8. The van der Waals surface area contributed by atoms with Gasteiger partial charge in [-0.15, -0.1) is 0 Å². The fourth-order valence-corrected chi connectivity index (χ4v) is 3.46. The van der Waals surface area contributed by atoms with Crippen LogP contribution in [-0.2, 0) is 6.42 Å². The van der Waals surface area contributed by atoms with E-state index in [4.69, 9.17) is 0 Å². The van der Waals surface area contributed by atoms with Gasteiger partial charge in [0, 0.05) is 18.7 Å². The predicted octanol–water partition coefficient (Wildman–Crippen LogP) is 3.57. The number of rotatable bonds is 5. The highest BCUT2D eigenvalue weighted by Crippen LogP contribution is 2.34. The largest absolute Gasteiger partial charge is 0.365 e. The molecule has 0 amide bonds. The minimum atomic E-state index is -0.376. The highest BCUT2D eigenvalue weighted by atomic mass is 32.2. The zero-order chi connectivity index (χ0) is 16.1. The van der Waals surface area contributed by atoms with Gasteiger partial charge in [-0.2, -0.15) is 0 Å². The van der Waals surface area contributed by atoms with Gasteiger partial charge in [0.05, 0.1) is 16.7 Å². The minimum Gasteiger partial charge on any atom is -0.365 e. The Bertz CT molecular complexity index is 702. The van der Waals surface area contributed by atoms with Gasteiger partial charge in [-0.3, -0.25) is 15.1 Å². The smallest absolute Gasteiger partial charge is 0.269 e. The molecule has 0 bridgehead atoms. The maximum Gasteiger partial charge on any atom is 0.269 e. The van der Waals surface area contributed by atoms with Gasteiger partial charge in [-0.25, -0.2) is 0 Å². The Morgan fingerprint density at radius 2 is 1.91 bits per heavy atom. The lowest BCUT2D eigenvalue weighted by molar-refractivity contribution is -0.384. The molecule has 6 heteroatoms. The second-order valence-electron chi connectivity index (χ2n) is 5.26. The van der Waals surface area contributed by atoms with E-state index in [0.29, 0.717) is 6.54 Å². The number of nitro groups is 1. The van der Waals surface area contributed by atoms with E-state index < -0.39 is 0 Å². The van der Waals surface area contributed by atoms with Crippen molar-refractivity contribution in [1.82, 2.24) is 5.32 Å². The molecule has 0 saturated carbocycles. The number of nitrogens with one attached hydrogen (secondary N) is 1. The molecule has 0 aliphatic carbocycles. The number of hydrogen-bond donors (Lipinski definition) is 1. The van der Waals surface area contributed by atoms with Crippen molar-refractivity contribution in [3.8, 4) is 0 Å². The van der Waals surface area contributed by atoms with Crippen LogP contribution in [0.15, 0.2) is 59.6 Å². The van der Waals surface area contributed by atoms with E-state index >= 15 is 0 Å². The minimum absolute atomic E-state index is 0.124. The Morgan fingerprint density at radius 3 is 2.61 bits per heavy atom. The van der Waals surface area contributed by atoms with Gasteiger partial charge in [-0.1, -0.05) is 54.2 Å². The standard InChI is InChI=1S/C17H17N3O2S/c21-20(22)15-8-6-14(7-9-15)16-12-19-17(23-16)18-11-10-13-4-2-1-3-5-13/h1-9,16H,10-12H2,(H,18,19). The second kappa shape index (κ2) is 7.28. The zero-order valence-corrected chi connectivity index (χ0v) is 13.3. The van der Waals surface area contributed by atoms with E-state index in [1.165, 1.54) is 5.56 Å². The monoisotopic (exact) mass is 327 g/mol. The molecular weight excluding hydrogens is 310 g/mol. The number of benzene rings is 2. The molecule has 23 heavy (non-hydrogen) atoms. The predicted molar refractivity (Wildman–Crippen MR) is 93.9 cm³/mol. The maximum atomic E-state index is 10.7. The summed E-state index contributed by atoms with van der Waals surface area (Å²) in [5, 5.41) is 15.2. The van der Waals surface area contributed by atoms with Crippen molar-refractivity contribution in [2.24, 2.45) is 4.99 Å². The van der Waals surface area contributed by atoms with Crippen molar-refractivity contribution >= 4 is 22.6 Å². The Hall–Kier alpha value is -2.34. The van der Waals surface area contributed by atoms with Crippen LogP contribution < -0.4 is 5.32 Å². The van der Waals surface area contributed by atoms with Crippen LogP contribution in [0.1, 0.15) is 16.4 Å². The summed E-state index contributed by atoms with van der Waals surface area (Å²) in [6.07, 6.45) is 0.961. The molecule has 1 aliphatic heterocycles. The van der Waals surface area contributed by atoms with Gasteiger partial charge in [0.1, 0.15) is 0 Å². The average molecular weight is 327 g/mol. The van der Waals surface area contributed by atoms with E-state index in [9.17, 15) is 10.1 Å². The van der Waals surface area contributed by atoms with Gasteiger partial charge >= 0.3 is 0 Å². The average Bonchev–Trinajstić information content (AvgIpc) is 3.05. The number of thioether (sulfide) groups is 1. The third-order valence-corrected chi connectivity index (χ3v) is 4.87. The summed E-state index contributed by atoms with van der Waals surface area (Å²) in [7, 11) is 0. The first kappa shape index (κ1) is 15.6. The first-order chi connectivity index (χ1) is 11.2. The van der Waals surface area contributed by atoms with E-state index in [2.05, 4.69) is 22.4 Å². The van der Waals surface area contributed by atoms with Crippen molar-refractivity contribution in [3.63, 3.8) is 0 Å². The zero-order valence-electron chi connectivity index (χ0n) is 12.5. The SMILES string of the molecule is O=[N+]([O-])c1ccc(C2CN=C(NCCc3ccccc3)S2)cc1. The van der Waals surface area contributed by atoms with Crippen LogP contribution in [0, 0.1) is 10.1 Å². The Balaban J connectivity index is 1.49. The van der Waals surface area contributed by atoms with E-state index in [1.54, 1.807) is 23.9 Å². The Morgan fingerprint density at radius 1 is 1.17 bits per heavy atom. The summed E-state index contributed by atoms with van der Waals surface area (Å²) >= 11 is 1.68. The molecule has 1 N–H and O–H groups in total. The molecule has 0 aromatic heterocycles. The summed E-state index contributed by atoms with van der Waals surface area (Å²) in [6, 6.07) is 17.1. The number of non-ortho nitro benzene ring substituents is 1. The van der Waals surface area contributed by atoms with Crippen molar-refractivity contribution in [1.29, 1.82) is 0 Å². The van der Waals surface area contributed by atoms with Crippen molar-refractivity contribution < 1.29 is 4.92 Å². The van der Waals surface area contributed by atoms with E-state index in [-0.39, 0.29) is 15.9 Å². The van der Waals surface area contributed by atoms with Gasteiger partial charge in [0.15, 0.2) is 5.17 Å². The first-order valence-electron chi connectivity index (χ1n) is 7.45. The van der Waals surface area contributed by atoms with Gasteiger partial charge in [-0.05, 0) is 17.5 Å². The summed E-state index contributed by atoms with van der Waals surface area (Å²) < 4.78 is 0. The molecule has 3 rings (SSSR count). The maximum absolute atomic E-state index is 10.7. The molecular formula is C17H17N3O2S. The summed E-state index contributed by atoms with van der Waals surface area (Å²) in [5.41, 5.74) is 2.50. The fourth-order valence-electron chi connectivity index (χ4n) is 2.42. The number of aliphatic imine (C=N–C) groups is 1. The lowest BCUT2D eigenvalue weighted by atomic mass is 10.1. The fraction of sp³-hybridized carbons (Fsp3) is 0.235. The highest BCUT2D eigenvalue weighted by molar-refractivity contribution is 8.14. The number of amidine groups is 1. The number of nitro benzene ring substituents is 1. The Labute approximate surface area is 139 Å². The summed E-state index contributed by atoms with van der Waals surface area (Å²) in [5.74, 6) is 0. The molecule has 1 heterocycles. The summed E-state index contributed by atoms with van der Waals surface area (Å²) in [6.45, 7) is 1.55. The topological polar surface area (TPSA) is 67.5 Å². The molecule has 5 nitrogen and oxygen atoms in total. The third-order valence-electron chi connectivity index (χ3n) is 3.66. The van der Waals surface area contributed by atoms with Gasteiger partial charge in [0.2, 0.25) is 0 Å². The number of nitrogens with zero attached hydrogens (tertiary/aromatic N) is 2. The van der Waals surface area contributed by atoms with Crippen LogP contribution in [0.5, 0.6) is 0 Å². The van der Waals surface area contributed by atoms with Crippen molar-refractivity contribution in [3.05, 3.63) is 75.8 Å². The van der Waals surface area contributed by atoms with Crippen LogP contribution in [0.3, 0.4) is 0 Å². The van der Waals surface area contributed by atoms with Crippen LogP contribution in [0.4, 0.5) is 5.69 Å². The molecule has 0 saturated heterocycles. The molecule has 0 spiro atoms. The molecule has 0 fully saturated rings. The highest BCUT2D eigenvalue weighted by Gasteiger charge is 2.21. The third kappa shape index (κ3) is 4.10. The second-order valence-corrected chi connectivity index (χ2v) is 6.45. The molecule has 2 aromatic rings. The van der Waals surface area contributed by atoms with E-state index in [1.807, 2.05) is 30.3 Å². The Kier molecular flexibility index (Phi) is 4.92. The number of hydrogen-bond acceptors (Lipinski definition) is 5.